The molecule has 0 aromatic carbocycles. The fourth-order valence-electron chi connectivity index (χ4n) is 1.20. The highest BCUT2D eigenvalue weighted by molar-refractivity contribution is 5.83. The van der Waals surface area contributed by atoms with Crippen molar-refractivity contribution in [3.8, 4) is 0 Å². The first kappa shape index (κ1) is 13.9. The molecule has 0 heterocycles. The molecule has 0 aliphatic rings. The zero-order valence-corrected chi connectivity index (χ0v) is 9.16. The number of aliphatic carboxylic acids is 1. The normalized spacial score (nSPS) is 12.1. The van der Waals surface area contributed by atoms with Crippen molar-refractivity contribution < 1.29 is 14.7 Å². The number of carbonyl (C=O) groups excluding carboxylic acids is 1. The summed E-state index contributed by atoms with van der Waals surface area (Å²) >= 11 is 0. The summed E-state index contributed by atoms with van der Waals surface area (Å²) in [4.78, 5) is 21.8. The van der Waals surface area contributed by atoms with Crippen LogP contribution in [-0.4, -0.2) is 29.6 Å². The van der Waals surface area contributed by atoms with Gasteiger partial charge in [0.05, 0.1) is 0 Å². The van der Waals surface area contributed by atoms with E-state index in [-0.39, 0.29) is 12.5 Å². The summed E-state index contributed by atoms with van der Waals surface area (Å²) in [7, 11) is 0. The van der Waals surface area contributed by atoms with Gasteiger partial charge in [-0.15, -0.1) is 0 Å². The summed E-state index contributed by atoms with van der Waals surface area (Å²) in [6.45, 7) is 2.02. The van der Waals surface area contributed by atoms with Crippen LogP contribution in [0.3, 0.4) is 0 Å². The van der Waals surface area contributed by atoms with E-state index in [0.717, 1.165) is 25.7 Å². The number of rotatable bonds is 8. The SMILES string of the molecule is CCCCCCC(=O)N[C@@H](CN)C(=O)O. The minimum Gasteiger partial charge on any atom is -0.480 e. The Bertz CT molecular complexity index is 207. The van der Waals surface area contributed by atoms with Crippen molar-refractivity contribution in [2.75, 3.05) is 6.54 Å². The molecule has 0 saturated carbocycles. The van der Waals surface area contributed by atoms with Crippen molar-refractivity contribution in [3.63, 3.8) is 0 Å². The van der Waals surface area contributed by atoms with Crippen LogP contribution < -0.4 is 11.1 Å². The van der Waals surface area contributed by atoms with Crippen LogP contribution in [0.25, 0.3) is 0 Å². The van der Waals surface area contributed by atoms with E-state index in [1.165, 1.54) is 0 Å². The summed E-state index contributed by atoms with van der Waals surface area (Å²) < 4.78 is 0. The molecule has 4 N–H and O–H groups in total. The minimum atomic E-state index is -1.08. The molecule has 0 unspecified atom stereocenters. The summed E-state index contributed by atoms with van der Waals surface area (Å²) in [5, 5.41) is 11.0. The maximum atomic E-state index is 11.2. The van der Waals surface area contributed by atoms with Crippen LogP contribution in [0.5, 0.6) is 0 Å². The predicted octanol–water partition coefficient (Wildman–Crippen LogP) is 0.485. The molecule has 88 valence electrons. The third-order valence-electron chi connectivity index (χ3n) is 2.13. The molecule has 0 spiro atoms. The van der Waals surface area contributed by atoms with Gasteiger partial charge in [0, 0.05) is 13.0 Å². The Balaban J connectivity index is 3.67. The number of hydrogen-bond donors (Lipinski definition) is 3. The molecule has 0 radical (unpaired) electrons. The van der Waals surface area contributed by atoms with Crippen LogP contribution in [0.15, 0.2) is 0 Å². The van der Waals surface area contributed by atoms with E-state index in [4.69, 9.17) is 10.8 Å². The first-order chi connectivity index (χ1) is 7.11. The Hall–Kier alpha value is -1.10. The van der Waals surface area contributed by atoms with E-state index < -0.39 is 12.0 Å². The maximum absolute atomic E-state index is 11.2. The number of nitrogens with two attached hydrogens (primary N) is 1. The quantitative estimate of drug-likeness (QED) is 0.515. The van der Waals surface area contributed by atoms with Gasteiger partial charge in [0.2, 0.25) is 5.91 Å². The molecule has 0 aliphatic carbocycles. The monoisotopic (exact) mass is 216 g/mol. The first-order valence-corrected chi connectivity index (χ1v) is 5.34. The number of nitrogens with one attached hydrogen (secondary N) is 1. The fourth-order valence-corrected chi connectivity index (χ4v) is 1.20. The molecule has 0 aliphatic heterocycles. The smallest absolute Gasteiger partial charge is 0.327 e. The van der Waals surface area contributed by atoms with E-state index in [1.807, 2.05) is 0 Å². The Kier molecular flexibility index (Phi) is 7.62. The first-order valence-electron chi connectivity index (χ1n) is 5.34. The third-order valence-corrected chi connectivity index (χ3v) is 2.13. The topological polar surface area (TPSA) is 92.4 Å². The molecule has 1 atom stereocenters. The molecule has 15 heavy (non-hydrogen) atoms. The van der Waals surface area contributed by atoms with E-state index >= 15 is 0 Å². The Morgan fingerprint density at radius 3 is 2.47 bits per heavy atom. The van der Waals surface area contributed by atoms with Crippen LogP contribution in [0.1, 0.15) is 39.0 Å². The lowest BCUT2D eigenvalue weighted by Gasteiger charge is -2.11. The van der Waals surface area contributed by atoms with Crippen LogP contribution in [0.2, 0.25) is 0 Å². The lowest BCUT2D eigenvalue weighted by atomic mass is 10.1. The molecule has 0 rings (SSSR count). The van der Waals surface area contributed by atoms with Crippen molar-refractivity contribution in [3.05, 3.63) is 0 Å². The zero-order chi connectivity index (χ0) is 11.7. The van der Waals surface area contributed by atoms with Crippen LogP contribution >= 0.6 is 0 Å². The molecule has 0 aromatic rings. The standard InChI is InChI=1S/C10H20N2O3/c1-2-3-4-5-6-9(13)12-8(7-11)10(14)15/h8H,2-7,11H2,1H3,(H,12,13)(H,14,15)/t8-/m0/s1. The maximum Gasteiger partial charge on any atom is 0.327 e. The molecule has 5 heteroatoms. The summed E-state index contributed by atoms with van der Waals surface area (Å²) in [6.07, 6.45) is 4.40. The van der Waals surface area contributed by atoms with Crippen molar-refractivity contribution in [1.29, 1.82) is 0 Å². The van der Waals surface area contributed by atoms with E-state index in [0.29, 0.717) is 6.42 Å². The number of amides is 1. The van der Waals surface area contributed by atoms with Gasteiger partial charge in [0.1, 0.15) is 6.04 Å². The highest BCUT2D eigenvalue weighted by Gasteiger charge is 2.17. The highest BCUT2D eigenvalue weighted by atomic mass is 16.4. The van der Waals surface area contributed by atoms with Gasteiger partial charge in [-0.3, -0.25) is 4.79 Å². The van der Waals surface area contributed by atoms with Gasteiger partial charge in [-0.2, -0.15) is 0 Å². The lowest BCUT2D eigenvalue weighted by Crippen LogP contribution is -2.45. The summed E-state index contributed by atoms with van der Waals surface area (Å²) in [5.74, 6) is -1.32. The number of carboxylic acids is 1. The number of carbonyl (C=O) groups is 2. The Morgan fingerprint density at radius 1 is 1.33 bits per heavy atom. The predicted molar refractivity (Wildman–Crippen MR) is 57.4 cm³/mol. The Labute approximate surface area is 90.0 Å². The van der Waals surface area contributed by atoms with Gasteiger partial charge < -0.3 is 16.2 Å². The van der Waals surface area contributed by atoms with E-state index in [1.54, 1.807) is 0 Å². The molecular weight excluding hydrogens is 196 g/mol. The molecular formula is C10H20N2O3. The molecule has 0 bridgehead atoms. The molecule has 0 saturated heterocycles. The van der Waals surface area contributed by atoms with Gasteiger partial charge in [0.15, 0.2) is 0 Å². The van der Waals surface area contributed by atoms with Crippen molar-refractivity contribution in [2.45, 2.75) is 45.1 Å². The molecule has 5 nitrogen and oxygen atoms in total. The van der Waals surface area contributed by atoms with Gasteiger partial charge >= 0.3 is 5.97 Å². The lowest BCUT2D eigenvalue weighted by molar-refractivity contribution is -0.141. The second-order valence-corrected chi connectivity index (χ2v) is 3.50. The largest absolute Gasteiger partial charge is 0.480 e. The fraction of sp³-hybridized carbons (Fsp3) is 0.800. The number of carboxylic acid groups (broad SMARTS) is 1. The third kappa shape index (κ3) is 6.90. The second kappa shape index (κ2) is 8.23. The van der Waals surface area contributed by atoms with Crippen LogP contribution in [-0.2, 0) is 9.59 Å². The van der Waals surface area contributed by atoms with E-state index in [2.05, 4.69) is 12.2 Å². The zero-order valence-electron chi connectivity index (χ0n) is 9.16. The van der Waals surface area contributed by atoms with Crippen molar-refractivity contribution >= 4 is 11.9 Å². The van der Waals surface area contributed by atoms with Gasteiger partial charge in [-0.05, 0) is 6.42 Å². The number of hydrogen-bond acceptors (Lipinski definition) is 3. The van der Waals surface area contributed by atoms with E-state index in [9.17, 15) is 9.59 Å². The average Bonchev–Trinajstić information content (AvgIpc) is 2.20. The second-order valence-electron chi connectivity index (χ2n) is 3.50. The molecule has 0 aromatic heterocycles. The van der Waals surface area contributed by atoms with Gasteiger partial charge in [-0.25, -0.2) is 4.79 Å². The van der Waals surface area contributed by atoms with Crippen LogP contribution in [0, 0.1) is 0 Å². The number of unbranched alkanes of at least 4 members (excludes halogenated alkanes) is 3. The molecule has 1 amide bonds. The van der Waals surface area contributed by atoms with Gasteiger partial charge in [-0.1, -0.05) is 26.2 Å². The minimum absolute atomic E-state index is 0.0734. The van der Waals surface area contributed by atoms with Gasteiger partial charge in [0.25, 0.3) is 0 Å². The van der Waals surface area contributed by atoms with Crippen molar-refractivity contribution in [2.24, 2.45) is 5.73 Å². The van der Waals surface area contributed by atoms with Crippen LogP contribution in [0.4, 0.5) is 0 Å². The van der Waals surface area contributed by atoms with Crippen molar-refractivity contribution in [1.82, 2.24) is 5.32 Å². The highest BCUT2D eigenvalue weighted by Crippen LogP contribution is 2.02. The average molecular weight is 216 g/mol. The summed E-state index contributed by atoms with van der Waals surface area (Å²) in [6, 6.07) is -0.955. The summed E-state index contributed by atoms with van der Waals surface area (Å²) in [5.41, 5.74) is 5.20. The Morgan fingerprint density at radius 2 is 2.00 bits per heavy atom. The molecule has 0 fully saturated rings.